The second kappa shape index (κ2) is 5.63. The van der Waals surface area contributed by atoms with Gasteiger partial charge in [0, 0.05) is 13.1 Å². The van der Waals surface area contributed by atoms with E-state index in [-0.39, 0.29) is 17.7 Å². The minimum atomic E-state index is -0.131. The van der Waals surface area contributed by atoms with Gasteiger partial charge in [-0.2, -0.15) is 0 Å². The maximum atomic E-state index is 11.7. The Morgan fingerprint density at radius 2 is 2.35 bits per heavy atom. The number of carbonyl (C=O) groups excluding carboxylic acids is 1. The average molecular weight is 235 g/mol. The lowest BCUT2D eigenvalue weighted by Crippen LogP contribution is -2.42. The van der Waals surface area contributed by atoms with Gasteiger partial charge in [-0.15, -0.1) is 0 Å². The number of hydrogen-bond acceptors (Lipinski definition) is 4. The van der Waals surface area contributed by atoms with Gasteiger partial charge in [-0.1, -0.05) is 0 Å². The van der Waals surface area contributed by atoms with Crippen molar-refractivity contribution in [2.24, 2.45) is 0 Å². The second-order valence-electron chi connectivity index (χ2n) is 4.23. The molecule has 5 heteroatoms. The van der Waals surface area contributed by atoms with Crippen molar-refractivity contribution < 1.29 is 9.90 Å². The Morgan fingerprint density at radius 1 is 1.47 bits per heavy atom. The predicted octanol–water partition coefficient (Wildman–Crippen LogP) is 0.545. The van der Waals surface area contributed by atoms with Crippen molar-refractivity contribution in [3.05, 3.63) is 24.0 Å². The molecule has 1 aromatic rings. The highest BCUT2D eigenvalue weighted by Gasteiger charge is 2.19. The van der Waals surface area contributed by atoms with E-state index in [4.69, 9.17) is 5.11 Å². The highest BCUT2D eigenvalue weighted by atomic mass is 16.3. The van der Waals surface area contributed by atoms with Gasteiger partial charge in [0.1, 0.15) is 5.75 Å². The van der Waals surface area contributed by atoms with Crippen LogP contribution < -0.4 is 10.6 Å². The average Bonchev–Trinajstić information content (AvgIpc) is 2.54. The minimum Gasteiger partial charge on any atom is -0.506 e. The number of aromatic hydroxyl groups is 1. The largest absolute Gasteiger partial charge is 0.506 e. The van der Waals surface area contributed by atoms with Crippen LogP contribution in [-0.2, 0) is 11.3 Å². The summed E-state index contributed by atoms with van der Waals surface area (Å²) in [7, 11) is 0. The van der Waals surface area contributed by atoms with Gasteiger partial charge in [-0.25, -0.2) is 0 Å². The number of aromatic nitrogens is 1. The lowest BCUT2D eigenvalue weighted by atomic mass is 10.1. The molecule has 1 unspecified atom stereocenters. The van der Waals surface area contributed by atoms with Crippen LogP contribution in [0.3, 0.4) is 0 Å². The van der Waals surface area contributed by atoms with Gasteiger partial charge >= 0.3 is 0 Å². The van der Waals surface area contributed by atoms with Crippen LogP contribution in [0.1, 0.15) is 25.0 Å². The van der Waals surface area contributed by atoms with Gasteiger partial charge < -0.3 is 15.7 Å². The Kier molecular flexibility index (Phi) is 3.93. The lowest BCUT2D eigenvalue weighted by Gasteiger charge is -2.14. The number of amides is 1. The zero-order valence-electron chi connectivity index (χ0n) is 9.65. The molecule has 1 aliphatic rings. The Bertz CT molecular complexity index is 378. The van der Waals surface area contributed by atoms with E-state index < -0.39 is 0 Å². The van der Waals surface area contributed by atoms with Crippen LogP contribution in [0.15, 0.2) is 18.3 Å². The molecule has 2 rings (SSSR count). The number of nitrogens with one attached hydrogen (secondary N) is 2. The van der Waals surface area contributed by atoms with E-state index in [1.165, 1.54) is 6.20 Å². The first-order valence-electron chi connectivity index (χ1n) is 5.91. The van der Waals surface area contributed by atoms with E-state index in [0.29, 0.717) is 6.54 Å². The van der Waals surface area contributed by atoms with E-state index in [9.17, 15) is 4.79 Å². The topological polar surface area (TPSA) is 74.2 Å². The molecule has 1 aliphatic heterocycles. The van der Waals surface area contributed by atoms with Crippen molar-refractivity contribution in [1.29, 1.82) is 0 Å². The van der Waals surface area contributed by atoms with E-state index in [1.807, 2.05) is 0 Å². The second-order valence-corrected chi connectivity index (χ2v) is 4.23. The molecule has 1 aromatic heterocycles. The fourth-order valence-electron chi connectivity index (χ4n) is 1.88. The van der Waals surface area contributed by atoms with Crippen molar-refractivity contribution in [2.45, 2.75) is 31.8 Å². The van der Waals surface area contributed by atoms with E-state index in [0.717, 1.165) is 31.5 Å². The third-order valence-electron chi connectivity index (χ3n) is 2.87. The molecular weight excluding hydrogens is 218 g/mol. The normalized spacial score (nSPS) is 20.7. The number of nitrogens with zero attached hydrogens (tertiary/aromatic N) is 1. The molecule has 0 aromatic carbocycles. The van der Waals surface area contributed by atoms with E-state index in [1.54, 1.807) is 12.1 Å². The van der Waals surface area contributed by atoms with Crippen molar-refractivity contribution in [1.82, 2.24) is 15.6 Å². The number of hydrogen-bond donors (Lipinski definition) is 3. The summed E-state index contributed by atoms with van der Waals surface area (Å²) in [6.45, 7) is 1.31. The standard InChI is InChI=1S/C12H17N3O2/c16-10-5-4-9(14-8-10)7-15-11-3-1-2-6-13-12(11)17/h4-5,8,11,15-16H,1-3,6-7H2,(H,13,17). The van der Waals surface area contributed by atoms with Gasteiger partial charge in [-0.3, -0.25) is 9.78 Å². The molecule has 5 nitrogen and oxygen atoms in total. The first-order valence-corrected chi connectivity index (χ1v) is 5.91. The predicted molar refractivity (Wildman–Crippen MR) is 63.4 cm³/mol. The molecule has 1 atom stereocenters. The summed E-state index contributed by atoms with van der Waals surface area (Å²) in [5, 5.41) is 15.2. The smallest absolute Gasteiger partial charge is 0.237 e. The first kappa shape index (κ1) is 11.9. The number of rotatable bonds is 3. The lowest BCUT2D eigenvalue weighted by molar-refractivity contribution is -0.122. The summed E-state index contributed by atoms with van der Waals surface area (Å²) >= 11 is 0. The zero-order valence-corrected chi connectivity index (χ0v) is 9.65. The van der Waals surface area contributed by atoms with E-state index >= 15 is 0 Å². The van der Waals surface area contributed by atoms with Crippen molar-refractivity contribution >= 4 is 5.91 Å². The quantitative estimate of drug-likeness (QED) is 0.715. The Labute approximate surface area is 100 Å². The number of pyridine rings is 1. The Balaban J connectivity index is 1.88. The van der Waals surface area contributed by atoms with Gasteiger partial charge in [0.15, 0.2) is 0 Å². The fourth-order valence-corrected chi connectivity index (χ4v) is 1.88. The summed E-state index contributed by atoms with van der Waals surface area (Å²) in [6, 6.07) is 3.21. The van der Waals surface area contributed by atoms with Crippen molar-refractivity contribution in [2.75, 3.05) is 6.54 Å². The van der Waals surface area contributed by atoms with Gasteiger partial charge in [0.25, 0.3) is 0 Å². The van der Waals surface area contributed by atoms with Crippen LogP contribution >= 0.6 is 0 Å². The summed E-state index contributed by atoms with van der Waals surface area (Å²) in [6.07, 6.45) is 4.37. The summed E-state index contributed by atoms with van der Waals surface area (Å²) in [4.78, 5) is 15.7. The van der Waals surface area contributed by atoms with Gasteiger partial charge in [0.05, 0.1) is 17.9 Å². The molecule has 0 aliphatic carbocycles. The van der Waals surface area contributed by atoms with Gasteiger partial charge in [0.2, 0.25) is 5.91 Å². The van der Waals surface area contributed by atoms with Crippen LogP contribution in [0.4, 0.5) is 0 Å². The van der Waals surface area contributed by atoms with Crippen molar-refractivity contribution in [3.63, 3.8) is 0 Å². The zero-order chi connectivity index (χ0) is 12.1. The van der Waals surface area contributed by atoms with Crippen molar-refractivity contribution in [3.8, 4) is 5.75 Å². The molecule has 92 valence electrons. The maximum Gasteiger partial charge on any atom is 0.237 e. The monoisotopic (exact) mass is 235 g/mol. The van der Waals surface area contributed by atoms with Crippen LogP contribution in [0.2, 0.25) is 0 Å². The Morgan fingerprint density at radius 3 is 3.12 bits per heavy atom. The summed E-state index contributed by atoms with van der Waals surface area (Å²) < 4.78 is 0. The highest BCUT2D eigenvalue weighted by molar-refractivity contribution is 5.81. The minimum absolute atomic E-state index is 0.0706. The molecular formula is C12H17N3O2. The molecule has 1 amide bonds. The summed E-state index contributed by atoms with van der Waals surface area (Å²) in [5.41, 5.74) is 0.819. The molecule has 0 saturated carbocycles. The number of carbonyl (C=O) groups is 1. The first-order chi connectivity index (χ1) is 8.25. The molecule has 0 radical (unpaired) electrons. The van der Waals surface area contributed by atoms with Crippen LogP contribution in [0.25, 0.3) is 0 Å². The van der Waals surface area contributed by atoms with Gasteiger partial charge in [-0.05, 0) is 31.4 Å². The molecule has 0 spiro atoms. The third-order valence-corrected chi connectivity index (χ3v) is 2.87. The fraction of sp³-hybridized carbons (Fsp3) is 0.500. The Hall–Kier alpha value is -1.62. The molecule has 1 fully saturated rings. The maximum absolute atomic E-state index is 11.7. The van der Waals surface area contributed by atoms with Crippen LogP contribution in [-0.4, -0.2) is 28.6 Å². The molecule has 1 saturated heterocycles. The molecule has 2 heterocycles. The molecule has 0 bridgehead atoms. The highest BCUT2D eigenvalue weighted by Crippen LogP contribution is 2.08. The van der Waals surface area contributed by atoms with Crippen LogP contribution in [0.5, 0.6) is 5.75 Å². The summed E-state index contributed by atoms with van der Waals surface area (Å²) in [5.74, 6) is 0.224. The third kappa shape index (κ3) is 3.42. The SMILES string of the molecule is O=C1NCCCCC1NCc1ccc(O)cn1. The van der Waals surface area contributed by atoms with Crippen LogP contribution in [0, 0.1) is 0 Å². The van der Waals surface area contributed by atoms with E-state index in [2.05, 4.69) is 15.6 Å². The molecule has 3 N–H and O–H groups in total. The molecule has 17 heavy (non-hydrogen) atoms.